The van der Waals surface area contributed by atoms with Crippen LogP contribution in [0.15, 0.2) is 29.1 Å². The molecule has 11 heavy (non-hydrogen) atoms. The molecule has 4 nitrogen and oxygen atoms in total. The van der Waals surface area contributed by atoms with Crippen LogP contribution in [0.1, 0.15) is 0 Å². The molecule has 1 aliphatic heterocycles. The van der Waals surface area contributed by atoms with Gasteiger partial charge < -0.3 is 4.74 Å². The van der Waals surface area contributed by atoms with Crippen molar-refractivity contribution in [2.45, 2.75) is 0 Å². The predicted molar refractivity (Wildman–Crippen MR) is 37.0 cm³/mol. The molecule has 0 aliphatic carbocycles. The highest BCUT2D eigenvalue weighted by Gasteiger charge is 2.02. The minimum Gasteiger partial charge on any atom is -0.439 e. The van der Waals surface area contributed by atoms with E-state index in [0.717, 1.165) is 0 Å². The monoisotopic (exact) mass is 145 g/mol. The van der Waals surface area contributed by atoms with E-state index in [1.165, 1.54) is 18.4 Å². The van der Waals surface area contributed by atoms with Crippen LogP contribution in [0.3, 0.4) is 0 Å². The van der Waals surface area contributed by atoms with Gasteiger partial charge in [-0.2, -0.15) is 10.5 Å². The number of ether oxygens (including phenoxy) is 1. The quantitative estimate of drug-likeness (QED) is 0.474. The van der Waals surface area contributed by atoms with Crippen LogP contribution in [0.4, 0.5) is 0 Å². The number of allylic oxidation sites excluding steroid dienone is 2. The summed E-state index contributed by atoms with van der Waals surface area (Å²) in [4.78, 5) is 3.68. The number of nitrogens with zero attached hydrogens (tertiary/aromatic N) is 3. The van der Waals surface area contributed by atoms with E-state index in [0.29, 0.717) is 5.70 Å². The van der Waals surface area contributed by atoms with Crippen LogP contribution in [0.2, 0.25) is 0 Å². The summed E-state index contributed by atoms with van der Waals surface area (Å²) >= 11 is 0. The van der Waals surface area contributed by atoms with Gasteiger partial charge in [-0.25, -0.2) is 4.99 Å². The fourth-order valence-corrected chi connectivity index (χ4v) is 0.547. The SMILES string of the molecule is N#CC=C1C=COC(C#N)=N1. The number of rotatable bonds is 0. The van der Waals surface area contributed by atoms with Crippen molar-refractivity contribution in [3.8, 4) is 12.1 Å². The van der Waals surface area contributed by atoms with E-state index >= 15 is 0 Å². The lowest BCUT2D eigenvalue weighted by Gasteiger charge is -2.00. The Morgan fingerprint density at radius 1 is 1.55 bits per heavy atom. The van der Waals surface area contributed by atoms with Crippen molar-refractivity contribution in [3.63, 3.8) is 0 Å². The van der Waals surface area contributed by atoms with Gasteiger partial charge in [-0.3, -0.25) is 0 Å². The van der Waals surface area contributed by atoms with Gasteiger partial charge in [0.2, 0.25) is 0 Å². The van der Waals surface area contributed by atoms with Crippen molar-refractivity contribution < 1.29 is 4.74 Å². The Kier molecular flexibility index (Phi) is 2.04. The molecule has 0 N–H and O–H groups in total. The molecule has 4 heteroatoms. The fraction of sp³-hybridized carbons (Fsp3) is 0. The summed E-state index contributed by atoms with van der Waals surface area (Å²) in [5.74, 6) is -0.0472. The Bertz CT molecular complexity index is 325. The maximum Gasteiger partial charge on any atom is 0.300 e. The zero-order valence-electron chi connectivity index (χ0n) is 5.48. The molecule has 0 fully saturated rings. The van der Waals surface area contributed by atoms with E-state index in [2.05, 4.69) is 9.73 Å². The summed E-state index contributed by atoms with van der Waals surface area (Å²) < 4.78 is 4.66. The molecule has 0 aromatic heterocycles. The molecule has 0 atom stereocenters. The molecule has 1 rings (SSSR count). The maximum atomic E-state index is 8.33. The average molecular weight is 145 g/mol. The van der Waals surface area contributed by atoms with Gasteiger partial charge in [0.15, 0.2) is 6.07 Å². The van der Waals surface area contributed by atoms with E-state index in [9.17, 15) is 0 Å². The van der Waals surface area contributed by atoms with Crippen LogP contribution in [0.25, 0.3) is 0 Å². The predicted octanol–water partition coefficient (Wildman–Crippen LogP) is 0.860. The number of aliphatic imine (C=N–C) groups is 1. The maximum absolute atomic E-state index is 8.33. The van der Waals surface area contributed by atoms with Gasteiger partial charge in [0.1, 0.15) is 0 Å². The van der Waals surface area contributed by atoms with Crippen molar-refractivity contribution in [2.75, 3.05) is 0 Å². The average Bonchev–Trinajstić information content (AvgIpc) is 2.06. The van der Waals surface area contributed by atoms with Crippen LogP contribution < -0.4 is 0 Å². The molecule has 0 saturated heterocycles. The summed E-state index contributed by atoms with van der Waals surface area (Å²) in [6, 6.07) is 3.52. The smallest absolute Gasteiger partial charge is 0.300 e. The van der Waals surface area contributed by atoms with E-state index in [4.69, 9.17) is 10.5 Å². The lowest BCUT2D eigenvalue weighted by atomic mass is 10.4. The first-order chi connectivity index (χ1) is 5.36. The van der Waals surface area contributed by atoms with Crippen molar-refractivity contribution in [2.24, 2.45) is 4.99 Å². The Morgan fingerprint density at radius 3 is 3.00 bits per heavy atom. The standard InChI is InChI=1S/C7H3N3O/c8-3-1-6-2-4-11-7(5-9)10-6/h1-2,4H. The molecule has 0 bridgehead atoms. The zero-order chi connectivity index (χ0) is 8.10. The molecule has 0 aromatic rings. The number of nitriles is 2. The first kappa shape index (κ1) is 7.04. The molecule has 0 aromatic carbocycles. The first-order valence-corrected chi connectivity index (χ1v) is 2.78. The lowest BCUT2D eigenvalue weighted by Crippen LogP contribution is -2.00. The Labute approximate surface area is 63.3 Å². The summed E-state index contributed by atoms with van der Waals surface area (Å²) in [5.41, 5.74) is 0.426. The van der Waals surface area contributed by atoms with Gasteiger partial charge in [-0.05, 0) is 6.08 Å². The second-order valence-electron chi connectivity index (χ2n) is 1.65. The summed E-state index contributed by atoms with van der Waals surface area (Å²) in [6.45, 7) is 0. The highest BCUT2D eigenvalue weighted by molar-refractivity contribution is 5.93. The van der Waals surface area contributed by atoms with Crippen molar-refractivity contribution in [1.29, 1.82) is 10.5 Å². The number of hydrogen-bond donors (Lipinski definition) is 0. The van der Waals surface area contributed by atoms with Crippen molar-refractivity contribution in [3.05, 3.63) is 24.1 Å². The number of hydrogen-bond acceptors (Lipinski definition) is 4. The summed E-state index contributed by atoms with van der Waals surface area (Å²) in [6.07, 6.45) is 4.05. The largest absolute Gasteiger partial charge is 0.439 e. The van der Waals surface area contributed by atoms with Gasteiger partial charge >= 0.3 is 5.90 Å². The molecule has 0 amide bonds. The van der Waals surface area contributed by atoms with E-state index in [1.807, 2.05) is 0 Å². The third kappa shape index (κ3) is 1.67. The molecule has 1 heterocycles. The first-order valence-electron chi connectivity index (χ1n) is 2.78. The fourth-order valence-electron chi connectivity index (χ4n) is 0.547. The van der Waals surface area contributed by atoms with Gasteiger partial charge in [0.05, 0.1) is 18.0 Å². The Balaban J connectivity index is 2.89. The summed E-state index contributed by atoms with van der Waals surface area (Å²) in [7, 11) is 0. The molecular weight excluding hydrogens is 142 g/mol. The Morgan fingerprint density at radius 2 is 2.36 bits per heavy atom. The molecule has 0 spiro atoms. The van der Waals surface area contributed by atoms with Crippen LogP contribution in [-0.2, 0) is 4.74 Å². The normalized spacial score (nSPS) is 18.0. The molecule has 0 saturated carbocycles. The second kappa shape index (κ2) is 3.19. The van der Waals surface area contributed by atoms with Gasteiger partial charge in [0, 0.05) is 6.08 Å². The lowest BCUT2D eigenvalue weighted by molar-refractivity contribution is 0.471. The van der Waals surface area contributed by atoms with Gasteiger partial charge in [-0.1, -0.05) is 0 Å². The van der Waals surface area contributed by atoms with Gasteiger partial charge in [0.25, 0.3) is 0 Å². The summed E-state index contributed by atoms with van der Waals surface area (Å²) in [5, 5.41) is 16.6. The van der Waals surface area contributed by atoms with Gasteiger partial charge in [-0.15, -0.1) is 0 Å². The van der Waals surface area contributed by atoms with Crippen LogP contribution in [0.5, 0.6) is 0 Å². The minimum atomic E-state index is -0.0472. The van der Waals surface area contributed by atoms with Crippen molar-refractivity contribution in [1.82, 2.24) is 0 Å². The van der Waals surface area contributed by atoms with Crippen LogP contribution in [0, 0.1) is 22.7 Å². The van der Waals surface area contributed by atoms with Crippen LogP contribution in [-0.4, -0.2) is 5.90 Å². The highest BCUT2D eigenvalue weighted by atomic mass is 16.5. The minimum absolute atomic E-state index is 0.0472. The molecule has 0 radical (unpaired) electrons. The second-order valence-corrected chi connectivity index (χ2v) is 1.65. The van der Waals surface area contributed by atoms with Crippen molar-refractivity contribution >= 4 is 5.90 Å². The molecule has 52 valence electrons. The molecular formula is C7H3N3O. The molecule has 0 unspecified atom stereocenters. The topological polar surface area (TPSA) is 69.2 Å². The van der Waals surface area contributed by atoms with E-state index in [1.54, 1.807) is 12.1 Å². The zero-order valence-corrected chi connectivity index (χ0v) is 5.48. The molecule has 1 aliphatic rings. The highest BCUT2D eigenvalue weighted by Crippen LogP contribution is 2.05. The third-order valence-electron chi connectivity index (χ3n) is 0.957. The van der Waals surface area contributed by atoms with E-state index in [-0.39, 0.29) is 5.90 Å². The Hall–Kier alpha value is -2.07. The van der Waals surface area contributed by atoms with Crippen LogP contribution >= 0.6 is 0 Å². The third-order valence-corrected chi connectivity index (χ3v) is 0.957. The van der Waals surface area contributed by atoms with E-state index < -0.39 is 0 Å².